The van der Waals surface area contributed by atoms with Crippen molar-refractivity contribution in [2.45, 2.75) is 24.0 Å². The third kappa shape index (κ3) is 4.09. The van der Waals surface area contributed by atoms with Crippen molar-refractivity contribution in [3.8, 4) is 0 Å². The van der Waals surface area contributed by atoms with Gasteiger partial charge in [0.25, 0.3) is 5.91 Å². The second-order valence-electron chi connectivity index (χ2n) is 4.98. The summed E-state index contributed by atoms with van der Waals surface area (Å²) >= 11 is 3.18. The van der Waals surface area contributed by atoms with Gasteiger partial charge in [0.05, 0.1) is 16.0 Å². The molecule has 0 saturated carbocycles. The summed E-state index contributed by atoms with van der Waals surface area (Å²) in [5.41, 5.74) is 0. The van der Waals surface area contributed by atoms with Gasteiger partial charge in [0.15, 0.2) is 0 Å². The van der Waals surface area contributed by atoms with E-state index in [1.54, 1.807) is 18.0 Å². The first-order chi connectivity index (χ1) is 10.8. The zero-order chi connectivity index (χ0) is 15.2. The lowest BCUT2D eigenvalue weighted by Crippen LogP contribution is -2.24. The fraction of sp³-hybridized carbons (Fsp3) is 0.375. The number of carbonyl (C=O) groups is 1. The molecule has 0 unspecified atom stereocenters. The van der Waals surface area contributed by atoms with Crippen LogP contribution in [-0.4, -0.2) is 29.8 Å². The van der Waals surface area contributed by atoms with Crippen LogP contribution < -0.4 is 5.32 Å². The third-order valence-electron chi connectivity index (χ3n) is 3.37. The number of nitrogens with one attached hydrogen (secondary N) is 1. The van der Waals surface area contributed by atoms with Crippen molar-refractivity contribution in [1.29, 1.82) is 0 Å². The van der Waals surface area contributed by atoms with Crippen molar-refractivity contribution < 1.29 is 9.53 Å². The highest BCUT2D eigenvalue weighted by Crippen LogP contribution is 2.33. The molecule has 3 heterocycles. The number of nitrogens with zero attached hydrogens (tertiary/aromatic N) is 1. The number of hydrogen-bond acceptors (Lipinski definition) is 5. The molecule has 4 nitrogen and oxygen atoms in total. The Hall–Kier alpha value is -1.37. The van der Waals surface area contributed by atoms with Gasteiger partial charge in [-0.1, -0.05) is 6.07 Å². The second-order valence-corrected chi connectivity index (χ2v) is 7.21. The van der Waals surface area contributed by atoms with Crippen LogP contribution in [0.5, 0.6) is 0 Å². The molecule has 6 heteroatoms. The predicted molar refractivity (Wildman–Crippen MR) is 89.5 cm³/mol. The number of thioether (sulfide) groups is 1. The largest absolute Gasteiger partial charge is 0.373 e. The van der Waals surface area contributed by atoms with Crippen LogP contribution in [0.25, 0.3) is 0 Å². The first-order valence-corrected chi connectivity index (χ1v) is 9.16. The van der Waals surface area contributed by atoms with E-state index >= 15 is 0 Å². The number of carbonyl (C=O) groups excluding carboxylic acids is 1. The van der Waals surface area contributed by atoms with Gasteiger partial charge < -0.3 is 10.1 Å². The van der Waals surface area contributed by atoms with Crippen LogP contribution in [0, 0.1) is 0 Å². The Labute approximate surface area is 138 Å². The highest BCUT2D eigenvalue weighted by molar-refractivity contribution is 7.99. The molecule has 2 aromatic rings. The van der Waals surface area contributed by atoms with Gasteiger partial charge >= 0.3 is 0 Å². The Kier molecular flexibility index (Phi) is 5.48. The third-order valence-corrected chi connectivity index (χ3v) is 5.49. The van der Waals surface area contributed by atoms with Crippen LogP contribution in [0.1, 0.15) is 33.5 Å². The SMILES string of the molecule is O=C(NCCSc1ccccn1)c1ccc([C@H]2CCCO2)s1. The van der Waals surface area contributed by atoms with Crippen LogP contribution >= 0.6 is 23.1 Å². The molecule has 1 saturated heterocycles. The number of amides is 1. The molecule has 1 amide bonds. The topological polar surface area (TPSA) is 51.2 Å². The maximum Gasteiger partial charge on any atom is 0.261 e. The van der Waals surface area contributed by atoms with Crippen molar-refractivity contribution in [2.75, 3.05) is 18.9 Å². The molecule has 22 heavy (non-hydrogen) atoms. The van der Waals surface area contributed by atoms with Gasteiger partial charge in [0.1, 0.15) is 0 Å². The summed E-state index contributed by atoms with van der Waals surface area (Å²) in [4.78, 5) is 18.3. The number of pyridine rings is 1. The normalized spacial score (nSPS) is 17.5. The maximum absolute atomic E-state index is 12.1. The van der Waals surface area contributed by atoms with Gasteiger partial charge in [0.2, 0.25) is 0 Å². The molecule has 0 bridgehead atoms. The Balaban J connectivity index is 1.44. The molecule has 0 aromatic carbocycles. The number of aromatic nitrogens is 1. The van der Waals surface area contributed by atoms with E-state index < -0.39 is 0 Å². The lowest BCUT2D eigenvalue weighted by Gasteiger charge is -2.05. The van der Waals surface area contributed by atoms with Crippen molar-refractivity contribution >= 4 is 29.0 Å². The molecule has 3 rings (SSSR count). The molecule has 0 radical (unpaired) electrons. The molecule has 1 atom stereocenters. The van der Waals surface area contributed by atoms with Crippen LogP contribution in [-0.2, 0) is 4.74 Å². The average molecular weight is 334 g/mol. The molecule has 116 valence electrons. The number of ether oxygens (including phenoxy) is 1. The highest BCUT2D eigenvalue weighted by Gasteiger charge is 2.20. The molecule has 1 N–H and O–H groups in total. The molecule has 0 aliphatic carbocycles. The fourth-order valence-corrected chi connectivity index (χ4v) is 4.02. The molecular formula is C16H18N2O2S2. The smallest absolute Gasteiger partial charge is 0.261 e. The maximum atomic E-state index is 12.1. The summed E-state index contributed by atoms with van der Waals surface area (Å²) in [6, 6.07) is 9.74. The van der Waals surface area contributed by atoms with E-state index in [1.165, 1.54) is 11.3 Å². The van der Waals surface area contributed by atoms with Crippen molar-refractivity contribution in [3.63, 3.8) is 0 Å². The van der Waals surface area contributed by atoms with E-state index in [0.717, 1.165) is 40.0 Å². The van der Waals surface area contributed by atoms with E-state index in [-0.39, 0.29) is 12.0 Å². The lowest BCUT2D eigenvalue weighted by atomic mass is 10.2. The average Bonchev–Trinajstić information content (AvgIpc) is 3.22. The highest BCUT2D eigenvalue weighted by atomic mass is 32.2. The van der Waals surface area contributed by atoms with Crippen LogP contribution in [0.4, 0.5) is 0 Å². The standard InChI is InChI=1S/C16H18N2O2S2/c19-16(18-9-11-21-15-5-1-2-8-17-15)14-7-6-13(22-14)12-4-3-10-20-12/h1-2,5-8,12H,3-4,9-11H2,(H,18,19)/t12-/m1/s1. The Morgan fingerprint density at radius 3 is 3.14 bits per heavy atom. The van der Waals surface area contributed by atoms with E-state index in [2.05, 4.69) is 10.3 Å². The van der Waals surface area contributed by atoms with Crippen molar-refractivity contribution in [3.05, 3.63) is 46.3 Å². The zero-order valence-electron chi connectivity index (χ0n) is 12.2. The first kappa shape index (κ1) is 15.5. The Morgan fingerprint density at radius 1 is 1.41 bits per heavy atom. The monoisotopic (exact) mass is 334 g/mol. The van der Waals surface area contributed by atoms with E-state index in [4.69, 9.17) is 4.74 Å². The summed E-state index contributed by atoms with van der Waals surface area (Å²) in [5, 5.41) is 3.94. The van der Waals surface area contributed by atoms with Gasteiger partial charge in [-0.2, -0.15) is 0 Å². The molecule has 1 aliphatic heterocycles. The minimum atomic E-state index is -0.00383. The van der Waals surface area contributed by atoms with Gasteiger partial charge in [-0.15, -0.1) is 23.1 Å². The zero-order valence-corrected chi connectivity index (χ0v) is 13.8. The van der Waals surface area contributed by atoms with Crippen LogP contribution in [0.2, 0.25) is 0 Å². The fourth-order valence-electron chi connectivity index (χ4n) is 2.29. The van der Waals surface area contributed by atoms with Crippen molar-refractivity contribution in [1.82, 2.24) is 10.3 Å². The quantitative estimate of drug-likeness (QED) is 0.649. The molecule has 0 spiro atoms. The van der Waals surface area contributed by atoms with Crippen LogP contribution in [0.15, 0.2) is 41.6 Å². The second kappa shape index (κ2) is 7.76. The van der Waals surface area contributed by atoms with E-state index in [9.17, 15) is 4.79 Å². The molecule has 1 aliphatic rings. The minimum absolute atomic E-state index is 0.00383. The molecular weight excluding hydrogens is 316 g/mol. The minimum Gasteiger partial charge on any atom is -0.373 e. The molecule has 2 aromatic heterocycles. The lowest BCUT2D eigenvalue weighted by molar-refractivity contribution is 0.0960. The predicted octanol–water partition coefficient (Wildman–Crippen LogP) is 3.52. The van der Waals surface area contributed by atoms with Gasteiger partial charge in [0, 0.05) is 30.0 Å². The van der Waals surface area contributed by atoms with E-state index in [1.807, 2.05) is 30.3 Å². The van der Waals surface area contributed by atoms with Gasteiger partial charge in [-0.05, 0) is 37.1 Å². The number of hydrogen-bond donors (Lipinski definition) is 1. The summed E-state index contributed by atoms with van der Waals surface area (Å²) in [5.74, 6) is 0.808. The summed E-state index contributed by atoms with van der Waals surface area (Å²) < 4.78 is 5.65. The summed E-state index contributed by atoms with van der Waals surface area (Å²) in [6.07, 6.45) is 4.13. The van der Waals surface area contributed by atoms with E-state index in [0.29, 0.717) is 6.54 Å². The summed E-state index contributed by atoms with van der Waals surface area (Å²) in [6.45, 7) is 1.46. The Bertz CT molecular complexity index is 610. The number of rotatable bonds is 6. The van der Waals surface area contributed by atoms with Crippen LogP contribution in [0.3, 0.4) is 0 Å². The summed E-state index contributed by atoms with van der Waals surface area (Å²) in [7, 11) is 0. The van der Waals surface area contributed by atoms with Gasteiger partial charge in [-0.3, -0.25) is 4.79 Å². The first-order valence-electron chi connectivity index (χ1n) is 7.36. The number of thiophene rings is 1. The van der Waals surface area contributed by atoms with Crippen molar-refractivity contribution in [2.24, 2.45) is 0 Å². The van der Waals surface area contributed by atoms with Gasteiger partial charge in [-0.25, -0.2) is 4.98 Å². The Morgan fingerprint density at radius 2 is 2.36 bits per heavy atom. The molecule has 1 fully saturated rings.